The van der Waals surface area contributed by atoms with Crippen LogP contribution in [0.25, 0.3) is 0 Å². The van der Waals surface area contributed by atoms with Crippen LogP contribution in [-0.4, -0.2) is 23.3 Å². The van der Waals surface area contributed by atoms with Crippen LogP contribution in [0.15, 0.2) is 18.2 Å². The maximum Gasteiger partial charge on any atom is 0.416 e. The van der Waals surface area contributed by atoms with Gasteiger partial charge in [0.05, 0.1) is 22.8 Å². The molecule has 0 bridgehead atoms. The number of halogens is 5. The smallest absolute Gasteiger partial charge is 0.273 e. The number of carbonyl (C=O) groups excluding carboxylic acids is 2. The van der Waals surface area contributed by atoms with E-state index in [0.717, 1.165) is 21.0 Å². The first-order valence-electron chi connectivity index (χ1n) is 5.83. The zero-order chi connectivity index (χ0) is 16.7. The molecule has 1 atom stereocenters. The third kappa shape index (κ3) is 3.57. The number of rotatable bonds is 2. The Morgan fingerprint density at radius 2 is 1.45 bits per heavy atom. The van der Waals surface area contributed by atoms with E-state index in [4.69, 9.17) is 0 Å². The summed E-state index contributed by atoms with van der Waals surface area (Å²) in [6, 6.07) is 1.53. The molecule has 1 unspecified atom stereocenters. The number of hydrogen-bond donors (Lipinski definition) is 0. The van der Waals surface area contributed by atoms with Gasteiger partial charge in [0.1, 0.15) is 0 Å². The van der Waals surface area contributed by atoms with E-state index in [2.05, 4.69) is 0 Å². The van der Waals surface area contributed by atoms with E-state index in [0.29, 0.717) is 23.1 Å². The average Bonchev–Trinajstić information content (AvgIpc) is 2.36. The number of alkyl halides is 5. The molecule has 0 aliphatic carbocycles. The van der Waals surface area contributed by atoms with Gasteiger partial charge >= 0.3 is 6.18 Å². The number of benzene rings is 1. The van der Waals surface area contributed by atoms with E-state index < -0.39 is 40.5 Å². The second kappa shape index (κ2) is 5.77. The fourth-order valence-electron chi connectivity index (χ4n) is 1.88. The van der Waals surface area contributed by atoms with Gasteiger partial charge < -0.3 is 0 Å². The van der Waals surface area contributed by atoms with Crippen LogP contribution in [-0.2, 0) is 21.4 Å². The van der Waals surface area contributed by atoms with E-state index >= 15 is 0 Å². The Morgan fingerprint density at radius 3 is 1.91 bits per heavy atom. The van der Waals surface area contributed by atoms with Gasteiger partial charge in [-0.05, 0) is 18.2 Å². The van der Waals surface area contributed by atoms with Gasteiger partial charge in [0.2, 0.25) is 11.8 Å². The molecule has 0 spiro atoms. The molecular formula is C12H9F5NO2PS. The molecule has 1 heterocycles. The van der Waals surface area contributed by atoms with Gasteiger partial charge in [-0.15, -0.1) is 11.8 Å². The first-order valence-corrected chi connectivity index (χ1v) is 7.56. The molecule has 1 aliphatic rings. The van der Waals surface area contributed by atoms with Crippen molar-refractivity contribution in [1.29, 1.82) is 0 Å². The van der Waals surface area contributed by atoms with E-state index in [1.807, 2.05) is 0 Å². The summed E-state index contributed by atoms with van der Waals surface area (Å²) in [4.78, 5) is 24.0. The Morgan fingerprint density at radius 1 is 0.955 bits per heavy atom. The zero-order valence-electron chi connectivity index (χ0n) is 10.8. The lowest BCUT2D eigenvalue weighted by Gasteiger charge is -2.26. The molecule has 1 aromatic carbocycles. The highest BCUT2D eigenvalue weighted by molar-refractivity contribution is 8.00. The van der Waals surface area contributed by atoms with Crippen LogP contribution in [0, 0.1) is 0 Å². The minimum absolute atomic E-state index is 0.103. The minimum atomic E-state index is -4.88. The van der Waals surface area contributed by atoms with E-state index in [1.165, 1.54) is 0 Å². The van der Waals surface area contributed by atoms with Crippen molar-refractivity contribution >= 4 is 38.5 Å². The Hall–Kier alpha value is -1.21. The van der Waals surface area contributed by atoms with Crippen LogP contribution < -0.4 is 4.90 Å². The predicted octanol–water partition coefficient (Wildman–Crippen LogP) is 3.24. The lowest BCUT2D eigenvalue weighted by Crippen LogP contribution is -2.43. The van der Waals surface area contributed by atoms with Crippen LogP contribution in [0.2, 0.25) is 0 Å². The van der Waals surface area contributed by atoms with Crippen molar-refractivity contribution < 1.29 is 31.5 Å². The van der Waals surface area contributed by atoms with Gasteiger partial charge in [0.15, 0.2) is 0 Å². The maximum atomic E-state index is 13.4. The summed E-state index contributed by atoms with van der Waals surface area (Å²) in [5.74, 6) is -1.68. The fourth-order valence-corrected chi connectivity index (χ4v) is 2.75. The lowest BCUT2D eigenvalue weighted by atomic mass is 10.1. The summed E-state index contributed by atoms with van der Waals surface area (Å²) in [6.45, 7) is 0. The van der Waals surface area contributed by atoms with E-state index in [9.17, 15) is 31.5 Å². The Bertz CT molecular complexity index is 581. The third-order valence-electron chi connectivity index (χ3n) is 2.84. The summed E-state index contributed by atoms with van der Waals surface area (Å²) in [7, 11) is 1.13. The maximum absolute atomic E-state index is 13.4. The van der Waals surface area contributed by atoms with E-state index in [1.54, 1.807) is 0 Å². The molecular weight excluding hydrogens is 348 g/mol. The number of nitrogens with zero attached hydrogens (tertiary/aromatic N) is 1. The number of anilines is 1. The van der Waals surface area contributed by atoms with Crippen LogP contribution in [0.5, 0.6) is 0 Å². The first kappa shape index (κ1) is 17.1. The molecule has 2 rings (SSSR count). The molecule has 120 valence electrons. The molecule has 2 amide bonds. The summed E-state index contributed by atoms with van der Waals surface area (Å²) < 4.78 is 65.3. The first-order chi connectivity index (χ1) is 10.00. The lowest BCUT2D eigenvalue weighted by molar-refractivity contribution is -0.138. The van der Waals surface area contributed by atoms with Gasteiger partial charge in [-0.25, -0.2) is 4.90 Å². The van der Waals surface area contributed by atoms with Crippen molar-refractivity contribution in [2.75, 3.05) is 16.4 Å². The van der Waals surface area contributed by atoms with Gasteiger partial charge in [0.25, 0.3) is 5.66 Å². The van der Waals surface area contributed by atoms with Crippen molar-refractivity contribution in [1.82, 2.24) is 0 Å². The molecule has 0 N–H and O–H groups in total. The normalized spacial score (nSPS) is 17.1. The molecule has 1 aromatic rings. The summed E-state index contributed by atoms with van der Waals surface area (Å²) in [5, 5.41) is 0. The molecule has 0 saturated carbocycles. The van der Waals surface area contributed by atoms with Gasteiger partial charge in [-0.3, -0.25) is 9.59 Å². The SMILES string of the molecule is O=C1CSCC(=O)N1c1cc(C(F)(F)F)cc(C(F)(F)P)c1. The third-order valence-corrected chi connectivity index (χ3v) is 4.07. The standard InChI is InChI=1S/C12H9F5NO2PS/c13-11(14,15)6-1-7(12(16,17)21)3-8(2-6)18-9(19)4-22-5-10(18)20/h1-3H,4-5,21H2. The van der Waals surface area contributed by atoms with Crippen LogP contribution in [0.4, 0.5) is 27.6 Å². The van der Waals surface area contributed by atoms with Crippen molar-refractivity contribution in [3.05, 3.63) is 29.3 Å². The highest BCUT2D eigenvalue weighted by Crippen LogP contribution is 2.41. The summed E-state index contributed by atoms with van der Waals surface area (Å²) in [5.41, 5.74) is -6.41. The second-order valence-corrected chi connectivity index (χ2v) is 6.22. The largest absolute Gasteiger partial charge is 0.416 e. The molecule has 1 fully saturated rings. The number of amides is 2. The number of hydrogen-bond acceptors (Lipinski definition) is 3. The summed E-state index contributed by atoms with van der Waals surface area (Å²) >= 11 is 1.01. The Balaban J connectivity index is 2.60. The van der Waals surface area contributed by atoms with Crippen molar-refractivity contribution in [2.45, 2.75) is 11.8 Å². The number of carbonyl (C=O) groups is 2. The topological polar surface area (TPSA) is 37.4 Å². The van der Waals surface area contributed by atoms with E-state index in [-0.39, 0.29) is 11.5 Å². The average molecular weight is 357 g/mol. The van der Waals surface area contributed by atoms with Gasteiger partial charge in [-0.1, -0.05) is 9.24 Å². The van der Waals surface area contributed by atoms with Gasteiger partial charge in [0, 0.05) is 5.56 Å². The fraction of sp³-hybridized carbons (Fsp3) is 0.333. The highest BCUT2D eigenvalue weighted by Gasteiger charge is 2.37. The van der Waals surface area contributed by atoms with Crippen molar-refractivity contribution in [3.63, 3.8) is 0 Å². The molecule has 10 heteroatoms. The summed E-state index contributed by atoms with van der Waals surface area (Å²) in [6.07, 6.45) is -4.88. The van der Waals surface area contributed by atoms with Crippen LogP contribution in [0.1, 0.15) is 11.1 Å². The second-order valence-electron chi connectivity index (χ2n) is 4.50. The Kier molecular flexibility index (Phi) is 4.50. The molecule has 22 heavy (non-hydrogen) atoms. The molecule has 0 radical (unpaired) electrons. The molecule has 0 aromatic heterocycles. The Labute approximate surface area is 128 Å². The zero-order valence-corrected chi connectivity index (χ0v) is 12.8. The monoisotopic (exact) mass is 357 g/mol. The van der Waals surface area contributed by atoms with Crippen molar-refractivity contribution in [2.24, 2.45) is 0 Å². The molecule has 3 nitrogen and oxygen atoms in total. The van der Waals surface area contributed by atoms with Crippen LogP contribution in [0.3, 0.4) is 0 Å². The number of imide groups is 1. The van der Waals surface area contributed by atoms with Crippen LogP contribution >= 0.6 is 21.0 Å². The predicted molar refractivity (Wildman–Crippen MR) is 74.9 cm³/mol. The van der Waals surface area contributed by atoms with Gasteiger partial charge in [-0.2, -0.15) is 22.0 Å². The molecule has 1 saturated heterocycles. The quantitative estimate of drug-likeness (QED) is 0.463. The number of thioether (sulfide) groups is 1. The highest BCUT2D eigenvalue weighted by atomic mass is 32.2. The van der Waals surface area contributed by atoms with Crippen molar-refractivity contribution in [3.8, 4) is 0 Å². The molecule has 1 aliphatic heterocycles. The minimum Gasteiger partial charge on any atom is -0.273 e.